The van der Waals surface area contributed by atoms with Gasteiger partial charge in [-0.1, -0.05) is 32.0 Å². The summed E-state index contributed by atoms with van der Waals surface area (Å²) in [6, 6.07) is 14.7. The first kappa shape index (κ1) is 39.3. The van der Waals surface area contributed by atoms with Gasteiger partial charge in [0.2, 0.25) is 0 Å². The van der Waals surface area contributed by atoms with Crippen LogP contribution in [0.2, 0.25) is 0 Å². The monoisotopic (exact) mass is 707 g/mol. The van der Waals surface area contributed by atoms with E-state index in [0.29, 0.717) is 31.2 Å². The Morgan fingerprint density at radius 1 is 0.904 bits per heavy atom. The number of nitrogens with one attached hydrogen (secondary N) is 3. The lowest BCUT2D eigenvalue weighted by Crippen LogP contribution is -2.37. The molecule has 5 aromatic rings. The van der Waals surface area contributed by atoms with E-state index in [-0.39, 0.29) is 12.1 Å². The number of fused-ring (bicyclic) bond motifs is 1. The minimum absolute atomic E-state index is 0.294. The average Bonchev–Trinajstić information content (AvgIpc) is 3.82. The molecule has 2 aromatic carbocycles. The Bertz CT molecular complexity index is 2020. The van der Waals surface area contributed by atoms with Crippen molar-refractivity contribution in [2.45, 2.75) is 98.9 Å². The number of imidazole rings is 2. The van der Waals surface area contributed by atoms with E-state index >= 15 is 0 Å². The van der Waals surface area contributed by atoms with Crippen LogP contribution in [0.5, 0.6) is 0 Å². The first-order chi connectivity index (χ1) is 24.5. The number of hydrogen-bond acceptors (Lipinski definition) is 6. The molecular formula is C41H53N7O4. The van der Waals surface area contributed by atoms with Gasteiger partial charge in [0.15, 0.2) is 0 Å². The van der Waals surface area contributed by atoms with Crippen molar-refractivity contribution < 1.29 is 19.1 Å². The maximum atomic E-state index is 12.8. The van der Waals surface area contributed by atoms with Gasteiger partial charge in [0.05, 0.1) is 36.4 Å². The summed E-state index contributed by atoms with van der Waals surface area (Å²) in [5.74, 6) is 1.39. The van der Waals surface area contributed by atoms with Gasteiger partial charge in [0.1, 0.15) is 22.9 Å². The zero-order valence-corrected chi connectivity index (χ0v) is 32.2. The van der Waals surface area contributed by atoms with Crippen LogP contribution in [0.1, 0.15) is 91.5 Å². The number of aryl methyl sites for hydroxylation is 2. The van der Waals surface area contributed by atoms with Crippen molar-refractivity contribution in [2.24, 2.45) is 7.05 Å². The van der Waals surface area contributed by atoms with E-state index < -0.39 is 17.3 Å². The second-order valence-corrected chi connectivity index (χ2v) is 14.8. The SMILES string of the molecule is C#C.CCCN(Cc1ncc(-c2ccc(-c3cc4cc(-c5cnc(C(CC)NC(=O)OC(C)(C)C)[nH]5)ccc4n3C)c(C)c2)[nH]1)C(=O)OC(C)(C)C. The van der Waals surface area contributed by atoms with Crippen LogP contribution in [-0.2, 0) is 23.1 Å². The molecular weight excluding hydrogens is 654 g/mol. The van der Waals surface area contributed by atoms with Gasteiger partial charge in [0, 0.05) is 41.3 Å². The van der Waals surface area contributed by atoms with E-state index in [9.17, 15) is 9.59 Å². The molecule has 0 aliphatic heterocycles. The number of alkyl carbamates (subject to hydrolysis) is 1. The molecule has 0 saturated heterocycles. The number of hydrogen-bond donors (Lipinski definition) is 3. The summed E-state index contributed by atoms with van der Waals surface area (Å²) < 4.78 is 13.3. The quantitative estimate of drug-likeness (QED) is 0.124. The summed E-state index contributed by atoms with van der Waals surface area (Å²) in [5, 5.41) is 4.03. The van der Waals surface area contributed by atoms with Crippen molar-refractivity contribution in [3.8, 4) is 46.6 Å². The summed E-state index contributed by atoms with van der Waals surface area (Å²) in [4.78, 5) is 42.8. The molecule has 5 rings (SSSR count). The third-order valence-corrected chi connectivity index (χ3v) is 8.31. The van der Waals surface area contributed by atoms with E-state index in [4.69, 9.17) is 9.47 Å². The van der Waals surface area contributed by atoms with Crippen LogP contribution in [0.25, 0.3) is 44.7 Å². The molecule has 0 bridgehead atoms. The maximum Gasteiger partial charge on any atom is 0.410 e. The van der Waals surface area contributed by atoms with Crippen LogP contribution in [0.3, 0.4) is 0 Å². The summed E-state index contributed by atoms with van der Waals surface area (Å²) in [5.41, 5.74) is 7.15. The van der Waals surface area contributed by atoms with Crippen molar-refractivity contribution >= 4 is 23.1 Å². The number of benzene rings is 2. The second-order valence-electron chi connectivity index (χ2n) is 14.8. The molecule has 2 amide bonds. The Hall–Kier alpha value is -5.50. The molecule has 1 unspecified atom stereocenters. The van der Waals surface area contributed by atoms with Crippen LogP contribution in [0.15, 0.2) is 54.9 Å². The molecule has 3 N–H and O–H groups in total. The maximum absolute atomic E-state index is 12.8. The largest absolute Gasteiger partial charge is 0.444 e. The molecule has 52 heavy (non-hydrogen) atoms. The Morgan fingerprint density at radius 3 is 2.17 bits per heavy atom. The highest BCUT2D eigenvalue weighted by Crippen LogP contribution is 2.34. The van der Waals surface area contributed by atoms with Gasteiger partial charge in [0.25, 0.3) is 0 Å². The first-order valence-electron chi connectivity index (χ1n) is 17.7. The Morgan fingerprint density at radius 2 is 1.54 bits per heavy atom. The van der Waals surface area contributed by atoms with E-state index in [1.54, 1.807) is 4.90 Å². The van der Waals surface area contributed by atoms with E-state index in [0.717, 1.165) is 56.7 Å². The lowest BCUT2D eigenvalue weighted by atomic mass is 10.0. The molecule has 0 aliphatic carbocycles. The highest BCUT2D eigenvalue weighted by atomic mass is 16.6. The molecule has 0 fully saturated rings. The Labute approximate surface area is 307 Å². The van der Waals surface area contributed by atoms with Crippen molar-refractivity contribution in [3.63, 3.8) is 0 Å². The van der Waals surface area contributed by atoms with Gasteiger partial charge in [-0.05, 0) is 96.7 Å². The first-order valence-corrected chi connectivity index (χ1v) is 17.7. The van der Waals surface area contributed by atoms with Gasteiger partial charge in [-0.25, -0.2) is 19.6 Å². The van der Waals surface area contributed by atoms with E-state index in [1.165, 1.54) is 0 Å². The number of rotatable bonds is 10. The molecule has 0 saturated carbocycles. The number of aromatic amines is 2. The molecule has 11 heteroatoms. The normalized spacial score (nSPS) is 12.2. The predicted octanol–water partition coefficient (Wildman–Crippen LogP) is 9.31. The van der Waals surface area contributed by atoms with Crippen LogP contribution >= 0.6 is 0 Å². The van der Waals surface area contributed by atoms with Crippen molar-refractivity contribution in [3.05, 3.63) is 72.1 Å². The third-order valence-electron chi connectivity index (χ3n) is 8.31. The van der Waals surface area contributed by atoms with Gasteiger partial charge >= 0.3 is 12.2 Å². The lowest BCUT2D eigenvalue weighted by molar-refractivity contribution is 0.0229. The predicted molar refractivity (Wildman–Crippen MR) is 207 cm³/mol. The number of aromatic nitrogens is 5. The van der Waals surface area contributed by atoms with Crippen molar-refractivity contribution in [1.82, 2.24) is 34.7 Å². The minimum atomic E-state index is -0.576. The van der Waals surface area contributed by atoms with Gasteiger partial charge in [-0.15, -0.1) is 12.8 Å². The smallest absolute Gasteiger partial charge is 0.410 e. The van der Waals surface area contributed by atoms with Crippen LogP contribution < -0.4 is 5.32 Å². The fourth-order valence-corrected chi connectivity index (χ4v) is 5.97. The minimum Gasteiger partial charge on any atom is -0.444 e. The van der Waals surface area contributed by atoms with E-state index in [1.807, 2.05) is 67.8 Å². The van der Waals surface area contributed by atoms with Crippen LogP contribution in [0.4, 0.5) is 9.59 Å². The Kier molecular flexibility index (Phi) is 12.3. The fraction of sp³-hybridized carbons (Fsp3) is 0.415. The lowest BCUT2D eigenvalue weighted by Gasteiger charge is -2.26. The van der Waals surface area contributed by atoms with E-state index in [2.05, 4.69) is 99.1 Å². The van der Waals surface area contributed by atoms with Gasteiger partial charge in [-0.2, -0.15) is 0 Å². The van der Waals surface area contributed by atoms with Gasteiger partial charge < -0.3 is 34.2 Å². The highest BCUT2D eigenvalue weighted by molar-refractivity contribution is 5.91. The molecule has 0 radical (unpaired) electrons. The summed E-state index contributed by atoms with van der Waals surface area (Å²) in [7, 11) is 2.08. The summed E-state index contributed by atoms with van der Waals surface area (Å²) in [6.07, 6.45) is 12.3. The van der Waals surface area contributed by atoms with Crippen molar-refractivity contribution in [1.29, 1.82) is 0 Å². The van der Waals surface area contributed by atoms with Crippen molar-refractivity contribution in [2.75, 3.05) is 6.54 Å². The summed E-state index contributed by atoms with van der Waals surface area (Å²) >= 11 is 0. The standard InChI is InChI=1S/C39H51N7O4.C2H2/c1-11-17-46(37(48)50-39(7,8)9)23-34-40-21-30(42-34)25-13-15-28(24(3)18-25)33-20-27-19-26(14-16-32(27)45(33)10)31-22-41-35(43-31)29(12-2)44-36(47)49-38(4,5)6;1-2/h13-16,18-22,29H,11-12,17,23H2,1-10H3,(H,40,42)(H,41,43)(H,44,47);1-2H. The molecule has 11 nitrogen and oxygen atoms in total. The zero-order valence-electron chi connectivity index (χ0n) is 32.2. The number of ether oxygens (including phenoxy) is 2. The highest BCUT2D eigenvalue weighted by Gasteiger charge is 2.24. The molecule has 1 atom stereocenters. The average molecular weight is 708 g/mol. The Balaban J connectivity index is 0.00000297. The fourth-order valence-electron chi connectivity index (χ4n) is 5.97. The number of carbonyl (C=O) groups is 2. The van der Waals surface area contributed by atoms with Crippen LogP contribution in [0, 0.1) is 19.8 Å². The molecule has 276 valence electrons. The topological polar surface area (TPSA) is 130 Å². The van der Waals surface area contributed by atoms with Gasteiger partial charge in [-0.3, -0.25) is 0 Å². The third kappa shape index (κ3) is 9.63. The number of carbonyl (C=O) groups excluding carboxylic acids is 2. The molecule has 3 aromatic heterocycles. The molecule has 0 aliphatic rings. The zero-order chi connectivity index (χ0) is 38.4. The molecule has 0 spiro atoms. The number of H-pyrrole nitrogens is 2. The second kappa shape index (κ2) is 16.2. The summed E-state index contributed by atoms with van der Waals surface area (Å²) in [6.45, 7) is 18.2. The number of amides is 2. The number of terminal acetylenes is 1. The van der Waals surface area contributed by atoms with Crippen LogP contribution in [-0.4, -0.2) is 59.3 Å². The number of nitrogens with zero attached hydrogens (tertiary/aromatic N) is 4. The molecule has 3 heterocycles.